The third-order valence-electron chi connectivity index (χ3n) is 17.6. The molecule has 0 radical (unpaired) electrons. The van der Waals surface area contributed by atoms with Gasteiger partial charge in [0.25, 0.3) is 0 Å². The fourth-order valence-electron chi connectivity index (χ4n) is 14.5. The van der Waals surface area contributed by atoms with Crippen LogP contribution in [0.4, 0.5) is 8.78 Å². The fourth-order valence-corrected chi connectivity index (χ4v) is 14.5. The second-order valence-electron chi connectivity index (χ2n) is 19.9. The van der Waals surface area contributed by atoms with Crippen LogP contribution in [0.1, 0.15) is 92.9 Å². The zero-order valence-electron chi connectivity index (χ0n) is 37.3. The molecule has 8 aliphatic rings. The van der Waals surface area contributed by atoms with Crippen LogP contribution in [0.25, 0.3) is 0 Å². The first-order valence-corrected chi connectivity index (χ1v) is 22.3. The van der Waals surface area contributed by atoms with Gasteiger partial charge in [-0.05, 0) is 113 Å². The predicted octanol–water partition coefficient (Wildman–Crippen LogP) is -3.54. The van der Waals surface area contributed by atoms with Crippen LogP contribution in [0.2, 0.25) is 0 Å². The molecule has 0 bridgehead atoms. The van der Waals surface area contributed by atoms with Crippen molar-refractivity contribution in [3.8, 4) is 0 Å². The van der Waals surface area contributed by atoms with Gasteiger partial charge in [0.2, 0.25) is 0 Å². The Balaban J connectivity index is 0.000000243. The molecule has 8 rings (SSSR count). The summed E-state index contributed by atoms with van der Waals surface area (Å²) in [4.78, 5) is 48.8. The van der Waals surface area contributed by atoms with Crippen molar-refractivity contribution in [1.82, 2.24) is 0 Å². The summed E-state index contributed by atoms with van der Waals surface area (Å²) in [5, 5.41) is 63.9. The monoisotopic (exact) mass is 926 g/mol. The standard InChI is InChI=1S/2C22H29FO5.2Na.H2O4S/c2*1-12-8-16-15-5-4-13-9-14(25)6-7-19(13,2)21(15,23)17(26)10-20(16,3)22(12,28)18(27)11-24;;;1-5(2,3)4/h2*6-7,9,12,15-17,24,26,28H,4-5,8,10-11H2,1-3H3;;;(H2,1,2,3,4)/q;;2*+1;/p-2/t12-,15?,16?,17+,19+,20+,21+,22+;12-,15-,16?,17+,19+,20+,21+,22+;;;/m11.../s1. The minimum absolute atomic E-state index is 0. The van der Waals surface area contributed by atoms with E-state index in [2.05, 4.69) is 0 Å². The summed E-state index contributed by atoms with van der Waals surface area (Å²) in [6, 6.07) is 0. The number of hydrogen-bond donors (Lipinski definition) is 6. The number of hydrogen-bond acceptors (Lipinski definition) is 14. The van der Waals surface area contributed by atoms with Gasteiger partial charge < -0.3 is 39.7 Å². The van der Waals surface area contributed by atoms with Crippen LogP contribution >= 0.6 is 0 Å². The molecule has 14 nitrogen and oxygen atoms in total. The first kappa shape index (κ1) is 54.7. The van der Waals surface area contributed by atoms with Crippen LogP contribution < -0.4 is 59.1 Å². The van der Waals surface area contributed by atoms with Crippen LogP contribution in [0.3, 0.4) is 0 Å². The Kier molecular flexibility index (Phi) is 15.5. The molecule has 0 aromatic heterocycles. The fraction of sp³-hybridized carbons (Fsp3) is 0.727. The summed E-state index contributed by atoms with van der Waals surface area (Å²) < 4.78 is 67.8. The normalized spacial score (nSPS) is 47.6. The van der Waals surface area contributed by atoms with Crippen molar-refractivity contribution >= 4 is 33.5 Å². The van der Waals surface area contributed by atoms with Crippen LogP contribution in [-0.2, 0) is 29.6 Å². The molecule has 0 amide bonds. The van der Waals surface area contributed by atoms with Crippen LogP contribution in [-0.4, -0.2) is 119 Å². The van der Waals surface area contributed by atoms with E-state index in [-0.39, 0.29) is 95.4 Å². The predicted molar refractivity (Wildman–Crippen MR) is 210 cm³/mol. The van der Waals surface area contributed by atoms with Gasteiger partial charge in [0.1, 0.15) is 24.4 Å². The number of alkyl halides is 2. The molecule has 8 aliphatic carbocycles. The maximum absolute atomic E-state index is 16.9. The van der Waals surface area contributed by atoms with Crippen molar-refractivity contribution in [1.29, 1.82) is 0 Å². The summed E-state index contributed by atoms with van der Waals surface area (Å²) in [6.45, 7) is 8.96. The number of ketones is 4. The van der Waals surface area contributed by atoms with E-state index in [1.165, 1.54) is 24.3 Å². The van der Waals surface area contributed by atoms with E-state index in [9.17, 15) is 49.8 Å². The van der Waals surface area contributed by atoms with Gasteiger partial charge in [0.15, 0.2) is 34.5 Å². The molecule has 63 heavy (non-hydrogen) atoms. The van der Waals surface area contributed by atoms with Gasteiger partial charge in [0, 0.05) is 43.9 Å². The molecule has 3 unspecified atom stereocenters. The Hall–Kier alpha value is -0.870. The van der Waals surface area contributed by atoms with E-state index in [0.29, 0.717) is 49.7 Å². The van der Waals surface area contributed by atoms with E-state index >= 15 is 8.78 Å². The van der Waals surface area contributed by atoms with E-state index < -0.39 is 115 Å². The number of aliphatic hydroxyl groups excluding tert-OH is 4. The van der Waals surface area contributed by atoms with Gasteiger partial charge in [0.05, 0.1) is 12.2 Å². The molecule has 340 valence electrons. The minimum Gasteiger partial charge on any atom is -0.759 e. The van der Waals surface area contributed by atoms with Gasteiger partial charge in [-0.25, -0.2) is 8.78 Å². The van der Waals surface area contributed by atoms with Crippen molar-refractivity contribution in [2.24, 2.45) is 57.2 Å². The van der Waals surface area contributed by atoms with Crippen molar-refractivity contribution in [2.45, 2.75) is 128 Å². The third kappa shape index (κ3) is 7.65. The Bertz CT molecular complexity index is 1990. The molecule has 6 saturated carbocycles. The number of allylic oxidation sites excluding steroid dienone is 8. The number of Topliss-reactive ketones (excluding diaryl/α,β-unsaturated/α-hetero) is 2. The van der Waals surface area contributed by atoms with Gasteiger partial charge in [-0.1, -0.05) is 51.0 Å². The Morgan fingerprint density at radius 1 is 0.683 bits per heavy atom. The molecule has 0 spiro atoms. The average Bonchev–Trinajstić information content (AvgIpc) is 3.50. The number of carbonyl (C=O) groups excluding carboxylic acids is 4. The molecule has 16 atom stereocenters. The summed E-state index contributed by atoms with van der Waals surface area (Å²) in [5.74, 6) is -4.24. The largest absolute Gasteiger partial charge is 1.00 e. The number of aliphatic hydroxyl groups is 6. The van der Waals surface area contributed by atoms with Crippen molar-refractivity contribution in [2.75, 3.05) is 13.2 Å². The maximum atomic E-state index is 16.9. The van der Waals surface area contributed by atoms with Crippen LogP contribution in [0.15, 0.2) is 47.6 Å². The third-order valence-corrected chi connectivity index (χ3v) is 17.6. The molecular weight excluding hydrogens is 869 g/mol. The molecule has 0 heterocycles. The molecule has 0 saturated heterocycles. The first-order valence-electron chi connectivity index (χ1n) is 21.0. The molecule has 0 aromatic rings. The van der Waals surface area contributed by atoms with Crippen molar-refractivity contribution < 1.29 is 135 Å². The van der Waals surface area contributed by atoms with E-state index in [1.54, 1.807) is 53.7 Å². The van der Waals surface area contributed by atoms with Gasteiger partial charge in [-0.2, -0.15) is 0 Å². The number of carbonyl (C=O) groups is 4. The van der Waals surface area contributed by atoms with Gasteiger partial charge >= 0.3 is 59.1 Å². The maximum Gasteiger partial charge on any atom is 1.00 e. The molecule has 0 aliphatic heterocycles. The molecule has 19 heteroatoms. The smallest absolute Gasteiger partial charge is 0.759 e. The SMILES string of the molecule is C[C@@H]1CC2C3CCC4=CC(=O)C=C[C@]4(C)[C@@]3(F)[C@@H](O)C[C@]2(C)[C@@]1(O)C(=O)CO.C[C@@H]1CC2[C@H]3CCC4=CC(=O)C=C[C@]4(C)[C@@]3(F)[C@@H](O)C[C@]2(C)[C@@]1(O)C(=O)CO.O=S(=O)([O-])[O-].[Na+].[Na+]. The first-order chi connectivity index (χ1) is 27.9. The number of halogens is 2. The summed E-state index contributed by atoms with van der Waals surface area (Å²) in [5.41, 5.74) is -10.3. The zero-order valence-corrected chi connectivity index (χ0v) is 42.1. The van der Waals surface area contributed by atoms with Gasteiger partial charge in [-0.15, -0.1) is 0 Å². The van der Waals surface area contributed by atoms with Gasteiger partial charge in [-0.3, -0.25) is 27.6 Å². The topological polar surface area (TPSA) is 270 Å². The molecule has 0 aromatic carbocycles. The summed E-state index contributed by atoms with van der Waals surface area (Å²) in [6.07, 6.45) is 8.88. The average molecular weight is 927 g/mol. The van der Waals surface area contributed by atoms with E-state index in [1.807, 2.05) is 0 Å². The Morgan fingerprint density at radius 2 is 0.984 bits per heavy atom. The molecular formula is C44H58F2Na2O14S. The number of fused-ring (bicyclic) bond motifs is 10. The zero-order chi connectivity index (χ0) is 45.9. The second-order valence-corrected chi connectivity index (χ2v) is 20.7. The van der Waals surface area contributed by atoms with Crippen LogP contribution in [0, 0.1) is 57.2 Å². The molecule has 6 N–H and O–H groups in total. The Morgan fingerprint density at radius 3 is 1.27 bits per heavy atom. The number of rotatable bonds is 4. The second kappa shape index (κ2) is 17.9. The molecule has 6 fully saturated rings. The summed E-state index contributed by atoms with van der Waals surface area (Å²) >= 11 is 0. The van der Waals surface area contributed by atoms with E-state index in [4.69, 9.17) is 17.5 Å². The van der Waals surface area contributed by atoms with Crippen molar-refractivity contribution in [3.63, 3.8) is 0 Å². The summed E-state index contributed by atoms with van der Waals surface area (Å²) in [7, 11) is -5.17. The van der Waals surface area contributed by atoms with Crippen molar-refractivity contribution in [3.05, 3.63) is 47.6 Å². The quantitative estimate of drug-likeness (QED) is 0.0907. The minimum atomic E-state index is -5.17. The van der Waals surface area contributed by atoms with Crippen LogP contribution in [0.5, 0.6) is 0 Å². The Labute approximate surface area is 411 Å². The van der Waals surface area contributed by atoms with E-state index in [0.717, 1.165) is 0 Å².